The molecule has 0 amide bonds. The summed E-state index contributed by atoms with van der Waals surface area (Å²) in [6, 6.07) is 17.7. The van der Waals surface area contributed by atoms with Crippen LogP contribution in [0, 0.1) is 0 Å². The van der Waals surface area contributed by atoms with Crippen molar-refractivity contribution in [1.29, 1.82) is 0 Å². The van der Waals surface area contributed by atoms with E-state index in [1.54, 1.807) is 12.5 Å². The number of ketones is 1. The lowest BCUT2D eigenvalue weighted by Gasteiger charge is -2.15. The van der Waals surface area contributed by atoms with E-state index >= 15 is 0 Å². The zero-order chi connectivity index (χ0) is 17.9. The van der Waals surface area contributed by atoms with Crippen LogP contribution in [0.4, 0.5) is 0 Å². The van der Waals surface area contributed by atoms with Gasteiger partial charge in [0.25, 0.3) is 0 Å². The highest BCUT2D eigenvalue weighted by atomic mass is 32.2. The monoisotopic (exact) mass is 362 g/mol. The van der Waals surface area contributed by atoms with Gasteiger partial charge in [0.05, 0.1) is 0 Å². The molecule has 4 aromatic rings. The van der Waals surface area contributed by atoms with Gasteiger partial charge in [-0.1, -0.05) is 60.3 Å². The molecule has 130 valence electrons. The minimum absolute atomic E-state index is 0.0595. The Balaban J connectivity index is 1.76. The van der Waals surface area contributed by atoms with Crippen LogP contribution in [-0.4, -0.2) is 25.5 Å². The second-order valence-electron chi connectivity index (χ2n) is 5.92. The Labute approximate surface area is 155 Å². The van der Waals surface area contributed by atoms with E-state index < -0.39 is 0 Å². The average Bonchev–Trinajstić information content (AvgIpc) is 3.32. The van der Waals surface area contributed by atoms with Crippen LogP contribution in [0.3, 0.4) is 0 Å². The lowest BCUT2D eigenvalue weighted by atomic mass is 10.0. The molecule has 0 aliphatic rings. The highest BCUT2D eigenvalue weighted by Crippen LogP contribution is 2.38. The molecule has 26 heavy (non-hydrogen) atoms. The smallest absolute Gasteiger partial charge is 0.192 e. The molecule has 1 atom stereocenters. The summed E-state index contributed by atoms with van der Waals surface area (Å²) in [6.45, 7) is 2.80. The standard InChI is InChI=1S/C20H18N4OS/c1-2-24-13-22-23-20(24)26-19(14-8-4-3-5-9-14)18(25)16-12-21-17-11-7-6-10-15(16)17/h3-13,19,21H,2H2,1H3/t19-/m0/s1. The van der Waals surface area contributed by atoms with Crippen molar-refractivity contribution >= 4 is 28.4 Å². The number of fused-ring (bicyclic) bond motifs is 1. The SMILES string of the molecule is CCn1cnnc1S[C@H](C(=O)c1c[nH]c2ccccc12)c1ccccc1. The van der Waals surface area contributed by atoms with E-state index in [9.17, 15) is 4.79 Å². The highest BCUT2D eigenvalue weighted by Gasteiger charge is 2.27. The number of H-pyrrole nitrogens is 1. The van der Waals surface area contributed by atoms with Gasteiger partial charge >= 0.3 is 0 Å². The van der Waals surface area contributed by atoms with Crippen molar-refractivity contribution in [3.8, 4) is 0 Å². The van der Waals surface area contributed by atoms with Crippen LogP contribution in [-0.2, 0) is 6.54 Å². The van der Waals surface area contributed by atoms with Crippen LogP contribution in [0.15, 0.2) is 72.3 Å². The first-order chi connectivity index (χ1) is 12.8. The Hall–Kier alpha value is -2.86. The van der Waals surface area contributed by atoms with E-state index in [1.807, 2.05) is 66.1 Å². The molecule has 0 saturated heterocycles. The number of carbonyl (C=O) groups is 1. The van der Waals surface area contributed by atoms with Crippen molar-refractivity contribution < 1.29 is 4.79 Å². The Morgan fingerprint density at radius 1 is 1.15 bits per heavy atom. The van der Waals surface area contributed by atoms with Crippen molar-refractivity contribution in [3.63, 3.8) is 0 Å². The van der Waals surface area contributed by atoms with Crippen LogP contribution >= 0.6 is 11.8 Å². The van der Waals surface area contributed by atoms with Gasteiger partial charge in [0, 0.05) is 29.2 Å². The summed E-state index contributed by atoms with van der Waals surface area (Å²) >= 11 is 1.44. The second kappa shape index (κ2) is 7.17. The van der Waals surface area contributed by atoms with Gasteiger partial charge in [0.1, 0.15) is 11.6 Å². The third kappa shape index (κ3) is 3.04. The third-order valence-electron chi connectivity index (χ3n) is 4.34. The summed E-state index contributed by atoms with van der Waals surface area (Å²) in [4.78, 5) is 16.6. The highest BCUT2D eigenvalue weighted by molar-refractivity contribution is 8.00. The number of aromatic nitrogens is 4. The number of hydrogen-bond acceptors (Lipinski definition) is 4. The zero-order valence-electron chi connectivity index (χ0n) is 14.3. The predicted molar refractivity (Wildman–Crippen MR) is 103 cm³/mol. The summed E-state index contributed by atoms with van der Waals surface area (Å²) in [7, 11) is 0. The number of para-hydroxylation sites is 1. The Kier molecular flexibility index (Phi) is 4.58. The van der Waals surface area contributed by atoms with E-state index in [0.29, 0.717) is 5.56 Å². The average molecular weight is 362 g/mol. The molecule has 1 N–H and O–H groups in total. The molecule has 0 bridgehead atoms. The van der Waals surface area contributed by atoms with Gasteiger partial charge in [-0.05, 0) is 18.6 Å². The molecule has 0 aliphatic carbocycles. The number of Topliss-reactive ketones (excluding diaryl/α,β-unsaturated/α-hetero) is 1. The maximum atomic E-state index is 13.4. The molecule has 0 spiro atoms. The molecular formula is C20H18N4OS. The lowest BCUT2D eigenvalue weighted by Crippen LogP contribution is -2.11. The number of rotatable bonds is 6. The van der Waals surface area contributed by atoms with Gasteiger partial charge in [0.15, 0.2) is 10.9 Å². The fourth-order valence-electron chi connectivity index (χ4n) is 2.98. The molecule has 5 nitrogen and oxygen atoms in total. The molecular weight excluding hydrogens is 344 g/mol. The normalized spacial score (nSPS) is 12.3. The summed E-state index contributed by atoms with van der Waals surface area (Å²) < 4.78 is 1.95. The molecule has 0 saturated carbocycles. The molecule has 0 radical (unpaired) electrons. The number of carbonyl (C=O) groups excluding carboxylic acids is 1. The molecule has 4 rings (SSSR count). The quantitative estimate of drug-likeness (QED) is 0.405. The largest absolute Gasteiger partial charge is 0.360 e. The fraction of sp³-hybridized carbons (Fsp3) is 0.150. The minimum atomic E-state index is -0.384. The maximum Gasteiger partial charge on any atom is 0.192 e. The molecule has 6 heteroatoms. The van der Waals surface area contributed by atoms with Gasteiger partial charge in [-0.15, -0.1) is 10.2 Å². The number of thioether (sulfide) groups is 1. The fourth-order valence-corrected chi connectivity index (χ4v) is 4.12. The van der Waals surface area contributed by atoms with Crippen molar-refractivity contribution in [1.82, 2.24) is 19.7 Å². The molecule has 2 aromatic carbocycles. The molecule has 2 aromatic heterocycles. The van der Waals surface area contributed by atoms with Crippen molar-refractivity contribution in [3.05, 3.63) is 78.2 Å². The first-order valence-electron chi connectivity index (χ1n) is 8.47. The second-order valence-corrected chi connectivity index (χ2v) is 6.99. The van der Waals surface area contributed by atoms with E-state index in [1.165, 1.54) is 11.8 Å². The van der Waals surface area contributed by atoms with Crippen LogP contribution in [0.5, 0.6) is 0 Å². The number of aryl methyl sites for hydroxylation is 1. The van der Waals surface area contributed by atoms with Crippen LogP contribution < -0.4 is 0 Å². The summed E-state index contributed by atoms with van der Waals surface area (Å²) in [5, 5.41) is 9.48. The van der Waals surface area contributed by atoms with Gasteiger partial charge < -0.3 is 9.55 Å². The number of nitrogens with one attached hydrogen (secondary N) is 1. The third-order valence-corrected chi connectivity index (χ3v) is 5.59. The number of hydrogen-bond donors (Lipinski definition) is 1. The topological polar surface area (TPSA) is 63.6 Å². The summed E-state index contributed by atoms with van der Waals surface area (Å²) in [5.41, 5.74) is 2.62. The van der Waals surface area contributed by atoms with Crippen LogP contribution in [0.2, 0.25) is 0 Å². The van der Waals surface area contributed by atoms with Gasteiger partial charge in [-0.3, -0.25) is 4.79 Å². The Morgan fingerprint density at radius 3 is 2.73 bits per heavy atom. The summed E-state index contributed by atoms with van der Waals surface area (Å²) in [6.07, 6.45) is 3.49. The van der Waals surface area contributed by atoms with E-state index in [-0.39, 0.29) is 11.0 Å². The van der Waals surface area contributed by atoms with Gasteiger partial charge in [-0.25, -0.2) is 0 Å². The first kappa shape index (κ1) is 16.6. The molecule has 0 aliphatic heterocycles. The van der Waals surface area contributed by atoms with Crippen LogP contribution in [0.1, 0.15) is 28.1 Å². The van der Waals surface area contributed by atoms with E-state index in [0.717, 1.165) is 28.2 Å². The molecule has 0 fully saturated rings. The minimum Gasteiger partial charge on any atom is -0.360 e. The van der Waals surface area contributed by atoms with Crippen LogP contribution in [0.25, 0.3) is 10.9 Å². The Bertz CT molecular complexity index is 1040. The Morgan fingerprint density at radius 2 is 1.92 bits per heavy atom. The zero-order valence-corrected chi connectivity index (χ0v) is 15.1. The molecule has 0 unspecified atom stereocenters. The van der Waals surface area contributed by atoms with Crippen molar-refractivity contribution in [2.75, 3.05) is 0 Å². The maximum absolute atomic E-state index is 13.4. The van der Waals surface area contributed by atoms with E-state index in [4.69, 9.17) is 0 Å². The predicted octanol–water partition coefficient (Wildman–Crippen LogP) is 4.50. The number of nitrogens with zero attached hydrogens (tertiary/aromatic N) is 3. The summed E-state index contributed by atoms with van der Waals surface area (Å²) in [5.74, 6) is 0.0595. The van der Waals surface area contributed by atoms with Gasteiger partial charge in [0.2, 0.25) is 0 Å². The number of aromatic amines is 1. The lowest BCUT2D eigenvalue weighted by molar-refractivity contribution is 0.0991. The first-order valence-corrected chi connectivity index (χ1v) is 9.35. The van der Waals surface area contributed by atoms with Gasteiger partial charge in [-0.2, -0.15) is 0 Å². The van der Waals surface area contributed by atoms with E-state index in [2.05, 4.69) is 15.2 Å². The van der Waals surface area contributed by atoms with Crippen molar-refractivity contribution in [2.24, 2.45) is 0 Å². The number of benzene rings is 2. The van der Waals surface area contributed by atoms with Crippen molar-refractivity contribution in [2.45, 2.75) is 23.9 Å². The molecule has 2 heterocycles.